The van der Waals surface area contributed by atoms with Gasteiger partial charge >= 0.3 is 6.09 Å². The fourth-order valence-electron chi connectivity index (χ4n) is 2.65. The summed E-state index contributed by atoms with van der Waals surface area (Å²) < 4.78 is 6.10. The number of rotatable bonds is 3. The van der Waals surface area contributed by atoms with Crippen molar-refractivity contribution in [2.24, 2.45) is 0 Å². The molecule has 0 unspecified atom stereocenters. The van der Waals surface area contributed by atoms with Crippen LogP contribution in [0.5, 0.6) is 0 Å². The molecular weight excluding hydrogens is 446 g/mol. The lowest BCUT2D eigenvalue weighted by Crippen LogP contribution is -2.50. The van der Waals surface area contributed by atoms with Crippen molar-refractivity contribution in [3.05, 3.63) is 34.0 Å². The van der Waals surface area contributed by atoms with E-state index in [2.05, 4.69) is 36.1 Å². The van der Waals surface area contributed by atoms with Gasteiger partial charge in [0.25, 0.3) is 5.91 Å². The molecule has 8 nitrogen and oxygen atoms in total. The average Bonchev–Trinajstić information content (AvgIpc) is 3.05. The van der Waals surface area contributed by atoms with Crippen LogP contribution in [-0.4, -0.2) is 58.6 Å². The number of nitrogens with zero attached hydrogens (tertiary/aromatic N) is 4. The smallest absolute Gasteiger partial charge is 0.410 e. The van der Waals surface area contributed by atoms with Crippen LogP contribution in [0.2, 0.25) is 0 Å². The number of piperazine rings is 1. The van der Waals surface area contributed by atoms with Crippen molar-refractivity contribution in [2.45, 2.75) is 26.4 Å². The summed E-state index contributed by atoms with van der Waals surface area (Å²) >= 11 is 4.59. The van der Waals surface area contributed by atoms with Crippen molar-refractivity contribution in [1.29, 1.82) is 0 Å². The van der Waals surface area contributed by atoms with E-state index in [0.29, 0.717) is 41.6 Å². The van der Waals surface area contributed by atoms with Gasteiger partial charge in [-0.2, -0.15) is 0 Å². The number of carbonyl (C=O) groups is 2. The summed E-state index contributed by atoms with van der Waals surface area (Å²) in [5.41, 5.74) is 0.739. The van der Waals surface area contributed by atoms with E-state index in [4.69, 9.17) is 4.74 Å². The lowest BCUT2D eigenvalue weighted by atomic mass is 10.2. The summed E-state index contributed by atoms with van der Waals surface area (Å²) in [6, 6.07) is 3.55. The summed E-state index contributed by atoms with van der Waals surface area (Å²) in [4.78, 5) is 36.6. The van der Waals surface area contributed by atoms with Gasteiger partial charge in [0.15, 0.2) is 5.13 Å². The van der Waals surface area contributed by atoms with Gasteiger partial charge in [0.1, 0.15) is 15.9 Å². The van der Waals surface area contributed by atoms with Crippen LogP contribution < -0.4 is 10.2 Å². The number of thiazole rings is 1. The lowest BCUT2D eigenvalue weighted by Gasteiger charge is -2.36. The van der Waals surface area contributed by atoms with Gasteiger partial charge in [0.2, 0.25) is 0 Å². The molecule has 2 aromatic heterocycles. The molecule has 1 aliphatic heterocycles. The van der Waals surface area contributed by atoms with E-state index in [-0.39, 0.29) is 12.0 Å². The number of pyridine rings is 1. The molecule has 1 fully saturated rings. The Bertz CT molecular complexity index is 842. The molecule has 0 aliphatic carbocycles. The predicted molar refractivity (Wildman–Crippen MR) is 112 cm³/mol. The average molecular weight is 468 g/mol. The van der Waals surface area contributed by atoms with Gasteiger partial charge in [0, 0.05) is 31.6 Å². The Kier molecular flexibility index (Phi) is 6.19. The molecule has 0 bridgehead atoms. The van der Waals surface area contributed by atoms with E-state index >= 15 is 0 Å². The highest BCUT2D eigenvalue weighted by Crippen LogP contribution is 2.21. The maximum absolute atomic E-state index is 12.2. The lowest BCUT2D eigenvalue weighted by molar-refractivity contribution is 0.0240. The Morgan fingerprint density at radius 3 is 2.46 bits per heavy atom. The molecule has 10 heteroatoms. The van der Waals surface area contributed by atoms with Crippen LogP contribution in [-0.2, 0) is 4.74 Å². The number of amides is 2. The Hall–Kier alpha value is -2.20. The Morgan fingerprint density at radius 2 is 1.93 bits per heavy atom. The maximum Gasteiger partial charge on any atom is 0.410 e. The maximum atomic E-state index is 12.2. The quantitative estimate of drug-likeness (QED) is 0.741. The molecule has 0 radical (unpaired) electrons. The first kappa shape index (κ1) is 20.5. The first-order valence-electron chi connectivity index (χ1n) is 8.82. The molecule has 150 valence electrons. The largest absolute Gasteiger partial charge is 0.444 e. The number of hydrogen-bond donors (Lipinski definition) is 1. The van der Waals surface area contributed by atoms with Crippen molar-refractivity contribution in [2.75, 3.05) is 36.4 Å². The van der Waals surface area contributed by atoms with Crippen LogP contribution in [0, 0.1) is 0 Å². The molecule has 1 aliphatic rings. The standard InChI is InChI=1S/C18H22BrN5O3S/c1-18(2,3)27-17(26)24-8-6-23(7-9-24)12-4-5-13(20-10-12)15(25)22-16-21-14(19)11-28-16/h4-5,10-11H,6-9H2,1-3H3,(H,21,22,25). The summed E-state index contributed by atoms with van der Waals surface area (Å²) in [7, 11) is 0. The normalized spacial score (nSPS) is 14.7. The molecule has 0 atom stereocenters. The third-order valence-corrected chi connectivity index (χ3v) is 5.44. The van der Waals surface area contributed by atoms with Crippen molar-refractivity contribution in [3.63, 3.8) is 0 Å². The summed E-state index contributed by atoms with van der Waals surface area (Å²) in [6.07, 6.45) is 1.39. The van der Waals surface area contributed by atoms with Crippen molar-refractivity contribution < 1.29 is 14.3 Å². The number of anilines is 2. The Morgan fingerprint density at radius 1 is 1.21 bits per heavy atom. The molecule has 0 saturated carbocycles. The van der Waals surface area contributed by atoms with Gasteiger partial charge < -0.3 is 14.5 Å². The van der Waals surface area contributed by atoms with E-state index in [1.165, 1.54) is 11.3 Å². The minimum absolute atomic E-state index is 0.286. The van der Waals surface area contributed by atoms with Crippen LogP contribution in [0.3, 0.4) is 0 Å². The molecule has 2 aromatic rings. The van der Waals surface area contributed by atoms with Crippen molar-refractivity contribution in [3.8, 4) is 0 Å². The van der Waals surface area contributed by atoms with Gasteiger partial charge in [-0.3, -0.25) is 10.1 Å². The van der Waals surface area contributed by atoms with Crippen molar-refractivity contribution in [1.82, 2.24) is 14.9 Å². The minimum atomic E-state index is -0.497. The highest BCUT2D eigenvalue weighted by Gasteiger charge is 2.26. The zero-order valence-electron chi connectivity index (χ0n) is 15.9. The van der Waals surface area contributed by atoms with Gasteiger partial charge in [-0.15, -0.1) is 11.3 Å². The third kappa shape index (κ3) is 5.41. The fourth-order valence-corrected chi connectivity index (χ4v) is 3.79. The molecular formula is C18H22BrN5O3S. The first-order valence-corrected chi connectivity index (χ1v) is 10.5. The van der Waals surface area contributed by atoms with Gasteiger partial charge in [0.05, 0.1) is 11.9 Å². The van der Waals surface area contributed by atoms with Gasteiger partial charge in [-0.1, -0.05) is 0 Å². The minimum Gasteiger partial charge on any atom is -0.444 e. The monoisotopic (exact) mass is 467 g/mol. The molecule has 2 amide bonds. The van der Waals surface area contributed by atoms with Crippen LogP contribution >= 0.6 is 27.3 Å². The first-order chi connectivity index (χ1) is 13.2. The van der Waals surface area contributed by atoms with Crippen LogP contribution in [0.15, 0.2) is 28.3 Å². The van der Waals surface area contributed by atoms with E-state index in [1.807, 2.05) is 26.8 Å². The number of ether oxygens (including phenoxy) is 1. The molecule has 1 saturated heterocycles. The number of nitrogens with one attached hydrogen (secondary N) is 1. The van der Waals surface area contributed by atoms with Crippen molar-refractivity contribution >= 4 is 50.1 Å². The van der Waals surface area contributed by atoms with Gasteiger partial charge in [-0.05, 0) is 48.8 Å². The molecule has 0 aromatic carbocycles. The number of carbonyl (C=O) groups excluding carboxylic acids is 2. The zero-order valence-corrected chi connectivity index (χ0v) is 18.3. The molecule has 28 heavy (non-hydrogen) atoms. The van der Waals surface area contributed by atoms with E-state index < -0.39 is 5.60 Å². The number of hydrogen-bond acceptors (Lipinski definition) is 7. The number of aromatic nitrogens is 2. The topological polar surface area (TPSA) is 87.7 Å². The predicted octanol–water partition coefficient (Wildman–Crippen LogP) is 3.61. The molecule has 1 N–H and O–H groups in total. The SMILES string of the molecule is CC(C)(C)OC(=O)N1CCN(c2ccc(C(=O)Nc3nc(Br)cs3)nc2)CC1. The van der Waals surface area contributed by atoms with Crippen LogP contribution in [0.4, 0.5) is 15.6 Å². The second kappa shape index (κ2) is 8.44. The Balaban J connectivity index is 1.54. The fraction of sp³-hybridized carbons (Fsp3) is 0.444. The highest BCUT2D eigenvalue weighted by atomic mass is 79.9. The van der Waals surface area contributed by atoms with Gasteiger partial charge in [-0.25, -0.2) is 14.8 Å². The molecule has 3 rings (SSSR count). The molecule has 3 heterocycles. The summed E-state index contributed by atoms with van der Waals surface area (Å²) in [6.45, 7) is 8.10. The second-order valence-corrected chi connectivity index (χ2v) is 8.96. The summed E-state index contributed by atoms with van der Waals surface area (Å²) in [5.74, 6) is -0.303. The van der Waals surface area contributed by atoms with E-state index in [9.17, 15) is 9.59 Å². The van der Waals surface area contributed by atoms with E-state index in [1.54, 1.807) is 22.5 Å². The third-order valence-electron chi connectivity index (χ3n) is 3.97. The Labute approximate surface area is 176 Å². The highest BCUT2D eigenvalue weighted by molar-refractivity contribution is 9.10. The number of halogens is 1. The molecule has 0 spiro atoms. The summed E-state index contributed by atoms with van der Waals surface area (Å²) in [5, 5.41) is 5.03. The second-order valence-electron chi connectivity index (χ2n) is 7.29. The van der Waals surface area contributed by atoms with Crippen LogP contribution in [0.1, 0.15) is 31.3 Å². The van der Waals surface area contributed by atoms with Crippen LogP contribution in [0.25, 0.3) is 0 Å². The zero-order chi connectivity index (χ0) is 20.3. The van der Waals surface area contributed by atoms with E-state index in [0.717, 1.165) is 5.69 Å².